The molecule has 21 heavy (non-hydrogen) atoms. The first-order valence-electron chi connectivity index (χ1n) is 7.69. The number of nitrogens with zero attached hydrogens (tertiary/aromatic N) is 2. The number of benzene rings is 1. The van der Waals surface area contributed by atoms with Crippen molar-refractivity contribution in [2.75, 3.05) is 39.4 Å². The summed E-state index contributed by atoms with van der Waals surface area (Å²) in [6.07, 6.45) is 1.15. The van der Waals surface area contributed by atoms with Gasteiger partial charge in [-0.1, -0.05) is 6.07 Å². The van der Waals surface area contributed by atoms with Gasteiger partial charge in [0.15, 0.2) is 0 Å². The van der Waals surface area contributed by atoms with Crippen molar-refractivity contribution < 1.29 is 14.2 Å². The molecule has 0 aromatic heterocycles. The van der Waals surface area contributed by atoms with E-state index in [9.17, 15) is 9.50 Å². The Morgan fingerprint density at radius 2 is 2.05 bits per heavy atom. The van der Waals surface area contributed by atoms with Crippen molar-refractivity contribution in [2.24, 2.45) is 0 Å². The molecule has 2 atom stereocenters. The number of hydrogen-bond donors (Lipinski definition) is 1. The highest BCUT2D eigenvalue weighted by Gasteiger charge is 2.32. The van der Waals surface area contributed by atoms with Gasteiger partial charge in [0.1, 0.15) is 11.6 Å². The fourth-order valence-electron chi connectivity index (χ4n) is 3.43. The fourth-order valence-corrected chi connectivity index (χ4v) is 3.43. The second-order valence-electron chi connectivity index (χ2n) is 5.96. The number of morpholine rings is 1. The summed E-state index contributed by atoms with van der Waals surface area (Å²) < 4.78 is 18.5. The van der Waals surface area contributed by atoms with Gasteiger partial charge in [0.2, 0.25) is 0 Å². The lowest BCUT2D eigenvalue weighted by atomic mass is 10.1. The van der Waals surface area contributed by atoms with Crippen LogP contribution >= 0.6 is 0 Å². The molecule has 0 aliphatic carbocycles. The van der Waals surface area contributed by atoms with E-state index in [1.54, 1.807) is 6.07 Å². The lowest BCUT2D eigenvalue weighted by Gasteiger charge is -2.33. The third-order valence-electron chi connectivity index (χ3n) is 4.75. The molecule has 0 bridgehead atoms. The molecule has 0 spiro atoms. The van der Waals surface area contributed by atoms with E-state index in [0.717, 1.165) is 51.4 Å². The lowest BCUT2D eigenvalue weighted by molar-refractivity contribution is 0.0177. The van der Waals surface area contributed by atoms with Gasteiger partial charge in [0, 0.05) is 49.9 Å². The number of aromatic hydroxyl groups is 1. The van der Waals surface area contributed by atoms with Crippen LogP contribution < -0.4 is 0 Å². The van der Waals surface area contributed by atoms with Gasteiger partial charge >= 0.3 is 0 Å². The summed E-state index contributed by atoms with van der Waals surface area (Å²) in [5.74, 6) is -0.339. The van der Waals surface area contributed by atoms with E-state index >= 15 is 0 Å². The van der Waals surface area contributed by atoms with Gasteiger partial charge in [-0.2, -0.15) is 0 Å². The second-order valence-corrected chi connectivity index (χ2v) is 5.96. The second kappa shape index (κ2) is 6.30. The van der Waals surface area contributed by atoms with Gasteiger partial charge in [0.25, 0.3) is 0 Å². The van der Waals surface area contributed by atoms with Crippen LogP contribution in [0.25, 0.3) is 0 Å². The maximum Gasteiger partial charge on any atom is 0.126 e. The first-order chi connectivity index (χ1) is 10.1. The van der Waals surface area contributed by atoms with Crippen molar-refractivity contribution in [1.29, 1.82) is 0 Å². The van der Waals surface area contributed by atoms with Crippen LogP contribution in [0.1, 0.15) is 24.9 Å². The standard InChI is InChI=1S/C16H23FN2O2/c1-12(15-3-2-13(17)10-16(15)20)19-5-4-14(11-19)18-6-8-21-9-7-18/h2-3,10,12,14,20H,4-9,11H2,1H3. The Balaban J connectivity index is 1.64. The Morgan fingerprint density at radius 3 is 2.76 bits per heavy atom. The zero-order valence-electron chi connectivity index (χ0n) is 12.5. The molecule has 1 N–H and O–H groups in total. The zero-order valence-corrected chi connectivity index (χ0v) is 12.5. The molecule has 2 unspecified atom stereocenters. The third-order valence-corrected chi connectivity index (χ3v) is 4.75. The number of hydrogen-bond acceptors (Lipinski definition) is 4. The van der Waals surface area contributed by atoms with Crippen LogP contribution in [0.2, 0.25) is 0 Å². The Kier molecular flexibility index (Phi) is 4.42. The predicted octanol–water partition coefficient (Wildman–Crippen LogP) is 2.00. The average Bonchev–Trinajstić information content (AvgIpc) is 2.97. The van der Waals surface area contributed by atoms with Crippen molar-refractivity contribution in [1.82, 2.24) is 9.80 Å². The number of ether oxygens (including phenoxy) is 1. The quantitative estimate of drug-likeness (QED) is 0.925. The third kappa shape index (κ3) is 3.20. The molecule has 116 valence electrons. The summed E-state index contributed by atoms with van der Waals surface area (Å²) in [5.41, 5.74) is 0.805. The Bertz CT molecular complexity index is 491. The van der Waals surface area contributed by atoms with Crippen LogP contribution in [-0.2, 0) is 4.74 Å². The first kappa shape index (κ1) is 14.8. The van der Waals surface area contributed by atoms with Gasteiger partial charge < -0.3 is 9.84 Å². The van der Waals surface area contributed by atoms with E-state index in [1.165, 1.54) is 12.1 Å². The van der Waals surface area contributed by atoms with Crippen molar-refractivity contribution in [3.05, 3.63) is 29.6 Å². The van der Waals surface area contributed by atoms with Gasteiger partial charge in [0.05, 0.1) is 13.2 Å². The monoisotopic (exact) mass is 294 g/mol. The SMILES string of the molecule is CC(c1ccc(F)cc1O)N1CCC(N2CCOCC2)C1. The van der Waals surface area contributed by atoms with E-state index in [1.807, 2.05) is 0 Å². The van der Waals surface area contributed by atoms with Gasteiger partial charge in [-0.05, 0) is 19.4 Å². The Labute approximate surface area is 125 Å². The maximum atomic E-state index is 13.1. The zero-order chi connectivity index (χ0) is 14.8. The minimum Gasteiger partial charge on any atom is -0.508 e. The minimum absolute atomic E-state index is 0.0531. The molecule has 2 fully saturated rings. The number of likely N-dealkylation sites (tertiary alicyclic amines) is 1. The van der Waals surface area contributed by atoms with E-state index < -0.39 is 5.82 Å². The summed E-state index contributed by atoms with van der Waals surface area (Å²) in [4.78, 5) is 4.87. The summed E-state index contributed by atoms with van der Waals surface area (Å²) in [6.45, 7) is 7.76. The van der Waals surface area contributed by atoms with Gasteiger partial charge in [-0.3, -0.25) is 9.80 Å². The van der Waals surface area contributed by atoms with Crippen molar-refractivity contribution >= 4 is 0 Å². The topological polar surface area (TPSA) is 35.9 Å². The van der Waals surface area contributed by atoms with E-state index in [-0.39, 0.29) is 11.8 Å². The van der Waals surface area contributed by atoms with Crippen molar-refractivity contribution in [2.45, 2.75) is 25.4 Å². The molecule has 2 saturated heterocycles. The number of phenols is 1. The molecule has 0 amide bonds. The Morgan fingerprint density at radius 1 is 1.29 bits per heavy atom. The molecule has 3 rings (SSSR count). The van der Waals surface area contributed by atoms with Crippen LogP contribution in [0.3, 0.4) is 0 Å². The van der Waals surface area contributed by atoms with E-state index in [0.29, 0.717) is 6.04 Å². The molecular weight excluding hydrogens is 271 g/mol. The molecule has 4 nitrogen and oxygen atoms in total. The first-order valence-corrected chi connectivity index (χ1v) is 7.69. The normalized spacial score (nSPS) is 26.1. The van der Waals surface area contributed by atoms with Crippen LogP contribution in [0, 0.1) is 5.82 Å². The number of phenolic OH excluding ortho intramolecular Hbond substituents is 1. The van der Waals surface area contributed by atoms with Crippen LogP contribution in [0.5, 0.6) is 5.75 Å². The van der Waals surface area contributed by atoms with E-state index in [4.69, 9.17) is 4.74 Å². The Hall–Kier alpha value is -1.17. The van der Waals surface area contributed by atoms with Gasteiger partial charge in [-0.15, -0.1) is 0 Å². The molecule has 2 aliphatic rings. The maximum absolute atomic E-state index is 13.1. The molecule has 2 heterocycles. The van der Waals surface area contributed by atoms with Gasteiger partial charge in [-0.25, -0.2) is 4.39 Å². The highest BCUT2D eigenvalue weighted by molar-refractivity contribution is 5.35. The predicted molar refractivity (Wildman–Crippen MR) is 78.8 cm³/mol. The highest BCUT2D eigenvalue weighted by Crippen LogP contribution is 2.32. The van der Waals surface area contributed by atoms with E-state index in [2.05, 4.69) is 16.7 Å². The largest absolute Gasteiger partial charge is 0.508 e. The smallest absolute Gasteiger partial charge is 0.126 e. The molecular formula is C16H23FN2O2. The summed E-state index contributed by atoms with van der Waals surface area (Å²) in [5, 5.41) is 9.94. The number of rotatable bonds is 3. The van der Waals surface area contributed by atoms with Crippen LogP contribution in [-0.4, -0.2) is 60.3 Å². The lowest BCUT2D eigenvalue weighted by Crippen LogP contribution is -2.44. The molecule has 0 saturated carbocycles. The van der Waals surface area contributed by atoms with Crippen molar-refractivity contribution in [3.8, 4) is 5.75 Å². The molecule has 2 aliphatic heterocycles. The van der Waals surface area contributed by atoms with Crippen LogP contribution in [0.15, 0.2) is 18.2 Å². The average molecular weight is 294 g/mol. The number of halogens is 1. The highest BCUT2D eigenvalue weighted by atomic mass is 19.1. The molecule has 1 aromatic rings. The minimum atomic E-state index is -0.393. The fraction of sp³-hybridized carbons (Fsp3) is 0.625. The summed E-state index contributed by atoms with van der Waals surface area (Å²) in [7, 11) is 0. The summed E-state index contributed by atoms with van der Waals surface area (Å²) >= 11 is 0. The van der Waals surface area contributed by atoms with Crippen LogP contribution in [0.4, 0.5) is 4.39 Å². The van der Waals surface area contributed by atoms with Crippen molar-refractivity contribution in [3.63, 3.8) is 0 Å². The molecule has 1 aromatic carbocycles. The molecule has 5 heteroatoms. The summed E-state index contributed by atoms with van der Waals surface area (Å²) in [6, 6.07) is 4.98. The molecule has 0 radical (unpaired) electrons.